The molecule has 0 aliphatic heterocycles. The second kappa shape index (κ2) is 10.6. The van der Waals surface area contributed by atoms with Gasteiger partial charge in [-0.2, -0.15) is 16.8 Å². The van der Waals surface area contributed by atoms with Crippen LogP contribution in [0.5, 0.6) is 0 Å². The first kappa shape index (κ1) is 30.1. The van der Waals surface area contributed by atoms with Crippen molar-refractivity contribution in [1.82, 2.24) is 0 Å². The molecular weight excluding hydrogens is 452 g/mol. The summed E-state index contributed by atoms with van der Waals surface area (Å²) in [7, 11) is -10.4. The molecule has 0 heterocycles. The van der Waals surface area contributed by atoms with Gasteiger partial charge in [-0.05, 0) is 0 Å². The third-order valence-corrected chi connectivity index (χ3v) is 5.40. The van der Waals surface area contributed by atoms with Gasteiger partial charge in [0.05, 0.1) is 20.6 Å². The van der Waals surface area contributed by atoms with Crippen molar-refractivity contribution >= 4 is 150 Å². The molecule has 0 radical (unpaired) electrons. The molecular formula is C7H6Cl3Na3O8S2. The molecule has 0 atom stereocenters. The van der Waals surface area contributed by atoms with Crippen LogP contribution in [0, 0.1) is 0 Å². The van der Waals surface area contributed by atoms with Crippen molar-refractivity contribution in [1.29, 1.82) is 0 Å². The average Bonchev–Trinajstić information content (AvgIpc) is 2.09. The molecule has 0 saturated heterocycles. The predicted molar refractivity (Wildman–Crippen MR) is 89.5 cm³/mol. The van der Waals surface area contributed by atoms with Crippen molar-refractivity contribution < 1.29 is 35.8 Å². The minimum absolute atomic E-state index is 0. The van der Waals surface area contributed by atoms with Gasteiger partial charge in [-0.3, -0.25) is 9.11 Å². The SMILES string of the molecule is O=C(O)c1c(Cl)c(S(=O)(=O)O)c(Cl)c(S(=O)(=O)O)c1Cl.[NaH].[NaH].[NaH]. The quantitative estimate of drug-likeness (QED) is 0.421. The Morgan fingerprint density at radius 3 is 1.17 bits per heavy atom. The van der Waals surface area contributed by atoms with E-state index >= 15 is 0 Å². The van der Waals surface area contributed by atoms with E-state index < -0.39 is 56.6 Å². The van der Waals surface area contributed by atoms with Crippen LogP contribution in [0.4, 0.5) is 0 Å². The number of halogens is 3. The van der Waals surface area contributed by atoms with Crippen LogP contribution in [0.2, 0.25) is 15.1 Å². The standard InChI is InChI=1S/C7H3Cl3O8S2.3Na.3H/c8-2-1(7(11)12)3(9)6(20(16,17)18)4(10)5(2)19(13,14)15;;;;;;/h(H,11,12)(H,13,14,15)(H,16,17,18);;;;;;. The first-order valence-electron chi connectivity index (χ1n) is 4.18. The number of carboxylic acid groups (broad SMARTS) is 1. The molecule has 0 bridgehead atoms. The summed E-state index contributed by atoms with van der Waals surface area (Å²) in [5.74, 6) is -1.90. The zero-order valence-electron chi connectivity index (χ0n) is 8.83. The fourth-order valence-corrected chi connectivity index (χ4v) is 4.68. The number of carbonyl (C=O) groups is 1. The van der Waals surface area contributed by atoms with Crippen molar-refractivity contribution in [3.63, 3.8) is 0 Å². The van der Waals surface area contributed by atoms with Gasteiger partial charge in [-0.15, -0.1) is 0 Å². The first-order chi connectivity index (χ1) is 8.80. The number of carboxylic acids is 1. The van der Waals surface area contributed by atoms with E-state index in [1.807, 2.05) is 0 Å². The second-order valence-corrected chi connectivity index (χ2v) is 7.08. The van der Waals surface area contributed by atoms with Gasteiger partial charge in [0.15, 0.2) is 0 Å². The summed E-state index contributed by atoms with van der Waals surface area (Å²) < 4.78 is 62.3. The van der Waals surface area contributed by atoms with Crippen LogP contribution >= 0.6 is 34.8 Å². The van der Waals surface area contributed by atoms with E-state index in [-0.39, 0.29) is 88.7 Å². The normalized spacial score (nSPS) is 10.8. The van der Waals surface area contributed by atoms with Crippen molar-refractivity contribution in [2.75, 3.05) is 0 Å². The average molecular weight is 458 g/mol. The molecule has 0 aliphatic carbocycles. The van der Waals surface area contributed by atoms with E-state index in [4.69, 9.17) is 49.0 Å². The second-order valence-electron chi connectivity index (χ2n) is 3.23. The zero-order valence-corrected chi connectivity index (χ0v) is 12.7. The number of rotatable bonds is 3. The molecule has 1 aromatic carbocycles. The van der Waals surface area contributed by atoms with Crippen LogP contribution in [-0.4, -0.2) is 126 Å². The third-order valence-electron chi connectivity index (χ3n) is 1.97. The Bertz CT molecular complexity index is 765. The van der Waals surface area contributed by atoms with E-state index in [1.165, 1.54) is 0 Å². The summed E-state index contributed by atoms with van der Waals surface area (Å²) >= 11 is 16.3. The summed E-state index contributed by atoms with van der Waals surface area (Å²) in [6.45, 7) is 0. The minimum atomic E-state index is -5.18. The van der Waals surface area contributed by atoms with Crippen LogP contribution in [0.1, 0.15) is 10.4 Å². The van der Waals surface area contributed by atoms with Gasteiger partial charge in [0, 0.05) is 0 Å². The molecule has 0 aliphatic rings. The monoisotopic (exact) mass is 456 g/mol. The van der Waals surface area contributed by atoms with Crippen molar-refractivity contribution in [3.05, 3.63) is 20.6 Å². The Hall–Kier alpha value is 2.38. The Labute approximate surface area is 212 Å². The zero-order chi connectivity index (χ0) is 16.0. The molecule has 1 aromatic rings. The Balaban J connectivity index is -0.00000133. The number of benzene rings is 1. The van der Waals surface area contributed by atoms with Gasteiger partial charge in [0.2, 0.25) is 0 Å². The van der Waals surface area contributed by atoms with Gasteiger partial charge >= 0.3 is 94.6 Å². The van der Waals surface area contributed by atoms with Gasteiger partial charge in [0.25, 0.3) is 20.2 Å². The van der Waals surface area contributed by atoms with E-state index in [9.17, 15) is 21.6 Å². The number of hydrogen-bond donors (Lipinski definition) is 3. The fraction of sp³-hybridized carbons (Fsp3) is 0. The maximum atomic E-state index is 11.1. The predicted octanol–water partition coefficient (Wildman–Crippen LogP) is -0.107. The van der Waals surface area contributed by atoms with Crippen LogP contribution in [0.25, 0.3) is 0 Å². The number of hydrogen-bond acceptors (Lipinski definition) is 5. The molecule has 118 valence electrons. The summed E-state index contributed by atoms with van der Waals surface area (Å²) in [6, 6.07) is 0. The van der Waals surface area contributed by atoms with Crippen LogP contribution < -0.4 is 0 Å². The fourth-order valence-electron chi connectivity index (χ4n) is 1.26. The van der Waals surface area contributed by atoms with E-state index in [1.54, 1.807) is 0 Å². The molecule has 1 rings (SSSR count). The molecule has 0 spiro atoms. The molecule has 0 aromatic heterocycles. The van der Waals surface area contributed by atoms with Crippen LogP contribution in [-0.2, 0) is 20.2 Å². The molecule has 0 saturated carbocycles. The summed E-state index contributed by atoms with van der Waals surface area (Å²) in [4.78, 5) is 8.16. The topological polar surface area (TPSA) is 146 Å². The van der Waals surface area contributed by atoms with Crippen LogP contribution in [0.15, 0.2) is 9.79 Å². The van der Waals surface area contributed by atoms with Crippen molar-refractivity contribution in [2.24, 2.45) is 0 Å². The van der Waals surface area contributed by atoms with Gasteiger partial charge < -0.3 is 5.11 Å². The third kappa shape index (κ3) is 6.80. The van der Waals surface area contributed by atoms with E-state index in [0.717, 1.165) is 0 Å². The maximum absolute atomic E-state index is 11.1. The Kier molecular flexibility index (Phi) is 13.9. The summed E-state index contributed by atoms with van der Waals surface area (Å²) in [5, 5.41) is 5.44. The van der Waals surface area contributed by atoms with E-state index in [2.05, 4.69) is 0 Å². The van der Waals surface area contributed by atoms with Crippen molar-refractivity contribution in [3.8, 4) is 0 Å². The van der Waals surface area contributed by atoms with Crippen molar-refractivity contribution in [2.45, 2.75) is 9.79 Å². The number of aromatic carboxylic acids is 1. The Morgan fingerprint density at radius 1 is 0.739 bits per heavy atom. The van der Waals surface area contributed by atoms with Gasteiger partial charge in [0.1, 0.15) is 9.79 Å². The molecule has 16 heteroatoms. The first-order valence-corrected chi connectivity index (χ1v) is 8.20. The molecule has 0 fully saturated rings. The molecule has 3 N–H and O–H groups in total. The Morgan fingerprint density at radius 2 is 1.00 bits per heavy atom. The molecule has 0 amide bonds. The van der Waals surface area contributed by atoms with E-state index in [0.29, 0.717) is 0 Å². The van der Waals surface area contributed by atoms with Gasteiger partial charge in [-0.1, -0.05) is 34.8 Å². The summed E-state index contributed by atoms with van der Waals surface area (Å²) in [6.07, 6.45) is 0. The molecule has 0 unspecified atom stereocenters. The molecule has 8 nitrogen and oxygen atoms in total. The summed E-state index contributed by atoms with van der Waals surface area (Å²) in [5.41, 5.74) is -1.15. The van der Waals surface area contributed by atoms with Gasteiger partial charge in [-0.25, -0.2) is 4.79 Å². The molecule has 23 heavy (non-hydrogen) atoms. The van der Waals surface area contributed by atoms with Crippen LogP contribution in [0.3, 0.4) is 0 Å².